The minimum Gasteiger partial charge on any atom is -0.481 e. The highest BCUT2D eigenvalue weighted by Crippen LogP contribution is 2.32. The molecule has 0 amide bonds. The van der Waals surface area contributed by atoms with Gasteiger partial charge in [0.15, 0.2) is 0 Å². The maximum absolute atomic E-state index is 11.6. The second-order valence-electron chi connectivity index (χ2n) is 5.99. The molecule has 0 radical (unpaired) electrons. The van der Waals surface area contributed by atoms with E-state index in [-0.39, 0.29) is 0 Å². The highest BCUT2D eigenvalue weighted by molar-refractivity contribution is 5.72. The molecule has 0 aliphatic carbocycles. The van der Waals surface area contributed by atoms with Gasteiger partial charge in [-0.3, -0.25) is 4.79 Å². The minimum atomic E-state index is -1.09. The van der Waals surface area contributed by atoms with Gasteiger partial charge in [0.05, 0.1) is 11.5 Å². The number of hydrogen-bond acceptors (Lipinski definition) is 3. The van der Waals surface area contributed by atoms with Crippen LogP contribution >= 0.6 is 0 Å². The molecule has 1 unspecified atom stereocenters. The Bertz CT molecular complexity index is 461. The van der Waals surface area contributed by atoms with Crippen molar-refractivity contribution in [2.75, 3.05) is 20.1 Å². The molecular formula is C16H23NO3. The quantitative estimate of drug-likeness (QED) is 0.879. The van der Waals surface area contributed by atoms with Crippen LogP contribution in [0.3, 0.4) is 0 Å². The summed E-state index contributed by atoms with van der Waals surface area (Å²) in [5.74, 6) is -1.64. The SMILES string of the molecule is Cc1ccc(CC(C(=O)O)C2(O)CCN(C)CC2)cc1. The van der Waals surface area contributed by atoms with E-state index in [1.165, 1.54) is 0 Å². The summed E-state index contributed by atoms with van der Waals surface area (Å²) in [6.45, 7) is 3.49. The van der Waals surface area contributed by atoms with Crippen molar-refractivity contribution < 1.29 is 15.0 Å². The van der Waals surface area contributed by atoms with E-state index in [2.05, 4.69) is 4.90 Å². The number of aryl methyl sites for hydroxylation is 1. The van der Waals surface area contributed by atoms with E-state index < -0.39 is 17.5 Å². The highest BCUT2D eigenvalue weighted by Gasteiger charge is 2.43. The Morgan fingerprint density at radius 2 is 1.85 bits per heavy atom. The van der Waals surface area contributed by atoms with Crippen molar-refractivity contribution >= 4 is 5.97 Å². The Morgan fingerprint density at radius 3 is 2.35 bits per heavy atom. The van der Waals surface area contributed by atoms with Crippen LogP contribution in [0.15, 0.2) is 24.3 Å². The van der Waals surface area contributed by atoms with E-state index in [1.54, 1.807) is 0 Å². The molecule has 1 fully saturated rings. The molecule has 1 aliphatic rings. The van der Waals surface area contributed by atoms with E-state index in [0.29, 0.717) is 19.3 Å². The van der Waals surface area contributed by atoms with Crippen molar-refractivity contribution in [3.63, 3.8) is 0 Å². The lowest BCUT2D eigenvalue weighted by Gasteiger charge is -2.40. The molecule has 20 heavy (non-hydrogen) atoms. The molecular weight excluding hydrogens is 254 g/mol. The van der Waals surface area contributed by atoms with Gasteiger partial charge in [0.2, 0.25) is 0 Å². The first-order chi connectivity index (χ1) is 9.40. The molecule has 1 atom stereocenters. The fourth-order valence-electron chi connectivity index (χ4n) is 2.82. The van der Waals surface area contributed by atoms with Crippen LogP contribution < -0.4 is 0 Å². The van der Waals surface area contributed by atoms with Gasteiger partial charge in [0.25, 0.3) is 0 Å². The second-order valence-corrected chi connectivity index (χ2v) is 5.99. The van der Waals surface area contributed by atoms with Crippen molar-refractivity contribution in [2.45, 2.75) is 31.8 Å². The van der Waals surface area contributed by atoms with Gasteiger partial charge < -0.3 is 15.1 Å². The van der Waals surface area contributed by atoms with Crippen molar-refractivity contribution in [2.24, 2.45) is 5.92 Å². The lowest BCUT2D eigenvalue weighted by molar-refractivity contribution is -0.155. The summed E-state index contributed by atoms with van der Waals surface area (Å²) in [6.07, 6.45) is 1.43. The van der Waals surface area contributed by atoms with E-state index in [1.807, 2.05) is 38.2 Å². The number of rotatable bonds is 4. The smallest absolute Gasteiger partial charge is 0.309 e. The predicted octanol–water partition coefficient (Wildman–Crippen LogP) is 1.70. The van der Waals surface area contributed by atoms with E-state index in [0.717, 1.165) is 24.2 Å². The summed E-state index contributed by atoms with van der Waals surface area (Å²) in [4.78, 5) is 13.7. The molecule has 1 heterocycles. The first-order valence-corrected chi connectivity index (χ1v) is 7.10. The molecule has 0 bridgehead atoms. The summed E-state index contributed by atoms with van der Waals surface area (Å²) in [5, 5.41) is 20.2. The third-order valence-corrected chi connectivity index (χ3v) is 4.36. The van der Waals surface area contributed by atoms with Gasteiger partial charge in [-0.2, -0.15) is 0 Å². The molecule has 2 N–H and O–H groups in total. The van der Waals surface area contributed by atoms with E-state index >= 15 is 0 Å². The topological polar surface area (TPSA) is 60.8 Å². The largest absolute Gasteiger partial charge is 0.481 e. The van der Waals surface area contributed by atoms with Crippen molar-refractivity contribution in [1.82, 2.24) is 4.90 Å². The van der Waals surface area contributed by atoms with Gasteiger partial charge in [-0.05, 0) is 38.8 Å². The number of aliphatic carboxylic acids is 1. The van der Waals surface area contributed by atoms with Crippen molar-refractivity contribution in [3.05, 3.63) is 35.4 Å². The Labute approximate surface area is 120 Å². The van der Waals surface area contributed by atoms with Gasteiger partial charge >= 0.3 is 5.97 Å². The molecule has 1 saturated heterocycles. The van der Waals surface area contributed by atoms with Gasteiger partial charge in [-0.25, -0.2) is 0 Å². The number of carboxylic acids is 1. The zero-order valence-electron chi connectivity index (χ0n) is 12.2. The summed E-state index contributed by atoms with van der Waals surface area (Å²) in [5.41, 5.74) is 1.03. The van der Waals surface area contributed by atoms with Gasteiger partial charge in [0.1, 0.15) is 0 Å². The number of carbonyl (C=O) groups is 1. The second kappa shape index (κ2) is 5.94. The van der Waals surface area contributed by atoms with Gasteiger partial charge in [0, 0.05) is 13.1 Å². The molecule has 1 aliphatic heterocycles. The van der Waals surface area contributed by atoms with Crippen LogP contribution in [0.25, 0.3) is 0 Å². The molecule has 1 aromatic rings. The van der Waals surface area contributed by atoms with Gasteiger partial charge in [-0.15, -0.1) is 0 Å². The Hall–Kier alpha value is -1.39. The number of benzene rings is 1. The maximum Gasteiger partial charge on any atom is 0.309 e. The predicted molar refractivity (Wildman–Crippen MR) is 77.7 cm³/mol. The monoisotopic (exact) mass is 277 g/mol. The summed E-state index contributed by atoms with van der Waals surface area (Å²) >= 11 is 0. The zero-order valence-corrected chi connectivity index (χ0v) is 12.2. The van der Waals surface area contributed by atoms with Crippen molar-refractivity contribution in [1.29, 1.82) is 0 Å². The molecule has 1 aromatic carbocycles. The summed E-state index contributed by atoms with van der Waals surface area (Å²) in [6, 6.07) is 7.85. The molecule has 0 aromatic heterocycles. The first kappa shape index (κ1) is 15.0. The Kier molecular flexibility index (Phi) is 4.45. The lowest BCUT2D eigenvalue weighted by atomic mass is 9.76. The first-order valence-electron chi connectivity index (χ1n) is 7.10. The molecule has 4 heteroatoms. The third-order valence-electron chi connectivity index (χ3n) is 4.36. The van der Waals surface area contributed by atoms with E-state index in [4.69, 9.17) is 0 Å². The number of piperidine rings is 1. The molecule has 4 nitrogen and oxygen atoms in total. The summed E-state index contributed by atoms with van der Waals surface area (Å²) < 4.78 is 0. The molecule has 2 rings (SSSR count). The molecule has 0 spiro atoms. The minimum absolute atomic E-state index is 0.385. The number of aliphatic hydroxyl groups is 1. The Morgan fingerprint density at radius 1 is 1.30 bits per heavy atom. The number of carboxylic acid groups (broad SMARTS) is 1. The van der Waals surface area contributed by atoms with E-state index in [9.17, 15) is 15.0 Å². The summed E-state index contributed by atoms with van der Waals surface area (Å²) in [7, 11) is 2.00. The van der Waals surface area contributed by atoms with Crippen molar-refractivity contribution in [3.8, 4) is 0 Å². The fourth-order valence-corrected chi connectivity index (χ4v) is 2.82. The molecule has 110 valence electrons. The number of nitrogens with zero attached hydrogens (tertiary/aromatic N) is 1. The normalized spacial score (nSPS) is 20.6. The Balaban J connectivity index is 2.14. The number of likely N-dealkylation sites (tertiary alicyclic amines) is 1. The highest BCUT2D eigenvalue weighted by atomic mass is 16.4. The van der Waals surface area contributed by atoms with Crippen LogP contribution in [0.4, 0.5) is 0 Å². The van der Waals surface area contributed by atoms with Crippen LogP contribution in [0.1, 0.15) is 24.0 Å². The van der Waals surface area contributed by atoms with Crippen LogP contribution in [-0.2, 0) is 11.2 Å². The van der Waals surface area contributed by atoms with Crippen LogP contribution in [-0.4, -0.2) is 46.8 Å². The molecule has 0 saturated carbocycles. The van der Waals surface area contributed by atoms with Crippen LogP contribution in [0.5, 0.6) is 0 Å². The average molecular weight is 277 g/mol. The third kappa shape index (κ3) is 3.38. The lowest BCUT2D eigenvalue weighted by Crippen LogP contribution is -2.51. The van der Waals surface area contributed by atoms with Crippen LogP contribution in [0.2, 0.25) is 0 Å². The fraction of sp³-hybridized carbons (Fsp3) is 0.562. The van der Waals surface area contributed by atoms with Crippen LogP contribution in [0, 0.1) is 12.8 Å². The number of hydrogen-bond donors (Lipinski definition) is 2. The standard InChI is InChI=1S/C16H23NO3/c1-12-3-5-13(6-4-12)11-14(15(18)19)16(20)7-9-17(2)10-8-16/h3-6,14,20H,7-11H2,1-2H3,(H,18,19). The van der Waals surface area contributed by atoms with Gasteiger partial charge in [-0.1, -0.05) is 29.8 Å². The average Bonchev–Trinajstić information content (AvgIpc) is 2.41. The zero-order chi connectivity index (χ0) is 14.8. The maximum atomic E-state index is 11.6.